The summed E-state index contributed by atoms with van der Waals surface area (Å²) < 4.78 is 11.3. The maximum Gasteiger partial charge on any atom is 0.181 e. The average molecular weight is 619 g/mol. The normalized spacial score (nSPS) is 11.3. The zero-order valence-electron chi connectivity index (χ0n) is 25.6. The van der Waals surface area contributed by atoms with Crippen molar-refractivity contribution in [3.05, 3.63) is 159 Å². The smallest absolute Gasteiger partial charge is 0.181 e. The molecule has 0 N–H and O–H groups in total. The van der Waals surface area contributed by atoms with Crippen molar-refractivity contribution in [2.45, 2.75) is 0 Å². The number of pyridine rings is 2. The lowest BCUT2D eigenvalue weighted by atomic mass is 9.84. The summed E-state index contributed by atoms with van der Waals surface area (Å²) >= 11 is 0. The van der Waals surface area contributed by atoms with Gasteiger partial charge in [-0.3, -0.25) is 9.97 Å². The van der Waals surface area contributed by atoms with Gasteiger partial charge in [-0.1, -0.05) is 91.0 Å². The Morgan fingerprint density at radius 2 is 0.917 bits per heavy atom. The first-order valence-electron chi connectivity index (χ1n) is 15.7. The number of rotatable bonds is 6. The fraction of sp³-hybridized carbons (Fsp3) is 0. The molecule has 0 aliphatic heterocycles. The van der Waals surface area contributed by atoms with E-state index >= 15 is 0 Å². The second-order valence-corrected chi connectivity index (χ2v) is 11.6. The number of aromatic nitrogens is 4. The summed E-state index contributed by atoms with van der Waals surface area (Å²) in [4.78, 5) is 17.5. The Bertz CT molecular complexity index is 2560. The maximum atomic E-state index is 5.64. The molecule has 9 rings (SSSR count). The molecule has 5 aromatic carbocycles. The number of oxazole rings is 2. The second kappa shape index (κ2) is 11.6. The zero-order chi connectivity index (χ0) is 31.9. The molecule has 0 amide bonds. The topological polar surface area (TPSA) is 77.8 Å². The molecule has 0 saturated heterocycles. The molecule has 0 atom stereocenters. The monoisotopic (exact) mass is 618 g/mol. The number of hydrogen-bond donors (Lipinski definition) is 0. The van der Waals surface area contributed by atoms with E-state index in [1.54, 1.807) is 12.4 Å². The standard InChI is InChI=1S/C42H26N4O2/c1-2-8-27(9-3-1)31-10-4-5-11-32(31)28-14-15-35-36(20-28)42(30-17-19-46-38(22-30)40-24-44-26-48-40)34-13-7-6-12-33(34)41(35)29-16-18-45-37(21-29)39-23-43-25-47-39/h1-26H. The Kier molecular flexibility index (Phi) is 6.68. The Hall–Kier alpha value is -6.66. The van der Waals surface area contributed by atoms with E-state index in [9.17, 15) is 0 Å². The molecule has 6 heteroatoms. The minimum absolute atomic E-state index is 0.622. The third-order valence-electron chi connectivity index (χ3n) is 8.81. The maximum absolute atomic E-state index is 5.64. The summed E-state index contributed by atoms with van der Waals surface area (Å²) in [6.07, 6.45) is 9.92. The van der Waals surface area contributed by atoms with E-state index in [1.165, 1.54) is 29.5 Å². The second-order valence-electron chi connectivity index (χ2n) is 11.6. The molecule has 0 aliphatic rings. The molecule has 6 nitrogen and oxygen atoms in total. The molecule has 0 spiro atoms. The van der Waals surface area contributed by atoms with Crippen molar-refractivity contribution >= 4 is 21.5 Å². The summed E-state index contributed by atoms with van der Waals surface area (Å²) in [6.45, 7) is 0. The number of benzene rings is 5. The predicted octanol–water partition coefficient (Wildman–Crippen LogP) is 10.8. The van der Waals surface area contributed by atoms with Crippen LogP contribution in [0.3, 0.4) is 0 Å². The molecule has 226 valence electrons. The lowest BCUT2D eigenvalue weighted by molar-refractivity contribution is 0.569. The van der Waals surface area contributed by atoms with Gasteiger partial charge in [0.15, 0.2) is 24.3 Å². The van der Waals surface area contributed by atoms with Crippen LogP contribution >= 0.6 is 0 Å². The van der Waals surface area contributed by atoms with Crippen molar-refractivity contribution in [3.63, 3.8) is 0 Å². The van der Waals surface area contributed by atoms with Gasteiger partial charge in [-0.2, -0.15) is 0 Å². The van der Waals surface area contributed by atoms with Gasteiger partial charge in [0.2, 0.25) is 0 Å². The highest BCUT2D eigenvalue weighted by Crippen LogP contribution is 2.46. The number of nitrogens with zero attached hydrogens (tertiary/aromatic N) is 4. The van der Waals surface area contributed by atoms with Crippen molar-refractivity contribution in [2.24, 2.45) is 0 Å². The van der Waals surface area contributed by atoms with Gasteiger partial charge in [0.1, 0.15) is 11.4 Å². The van der Waals surface area contributed by atoms with E-state index in [0.29, 0.717) is 11.5 Å². The third kappa shape index (κ3) is 4.75. The zero-order valence-corrected chi connectivity index (χ0v) is 25.6. The van der Waals surface area contributed by atoms with Gasteiger partial charge in [0.05, 0.1) is 12.4 Å². The van der Waals surface area contributed by atoms with Gasteiger partial charge < -0.3 is 8.83 Å². The Labute approximate surface area is 276 Å². The average Bonchev–Trinajstić information content (AvgIpc) is 3.90. The van der Waals surface area contributed by atoms with Crippen molar-refractivity contribution in [1.29, 1.82) is 0 Å². The van der Waals surface area contributed by atoms with Crippen LogP contribution in [0.25, 0.3) is 89.0 Å². The Balaban J connectivity index is 1.36. The number of hydrogen-bond acceptors (Lipinski definition) is 6. The summed E-state index contributed by atoms with van der Waals surface area (Å²) in [5.41, 5.74) is 10.4. The van der Waals surface area contributed by atoms with Gasteiger partial charge in [-0.05, 0) is 96.4 Å². The van der Waals surface area contributed by atoms with Crippen LogP contribution in [0.4, 0.5) is 0 Å². The summed E-state index contributed by atoms with van der Waals surface area (Å²) in [5.74, 6) is 1.25. The van der Waals surface area contributed by atoms with E-state index in [-0.39, 0.29) is 0 Å². The molecule has 4 heterocycles. The Morgan fingerprint density at radius 1 is 0.396 bits per heavy atom. The molecule has 0 radical (unpaired) electrons. The predicted molar refractivity (Wildman–Crippen MR) is 190 cm³/mol. The fourth-order valence-electron chi connectivity index (χ4n) is 6.70. The highest BCUT2D eigenvalue weighted by atomic mass is 16.3. The molecule has 0 saturated carbocycles. The van der Waals surface area contributed by atoms with E-state index in [1.807, 2.05) is 12.4 Å². The van der Waals surface area contributed by atoms with Gasteiger partial charge in [0, 0.05) is 12.4 Å². The molecular weight excluding hydrogens is 592 g/mol. The van der Waals surface area contributed by atoms with Crippen LogP contribution in [0.15, 0.2) is 168 Å². The third-order valence-corrected chi connectivity index (χ3v) is 8.81. The molecule has 9 aromatic rings. The van der Waals surface area contributed by atoms with Crippen LogP contribution in [-0.2, 0) is 0 Å². The minimum Gasteiger partial charge on any atom is -0.442 e. The summed E-state index contributed by atoms with van der Waals surface area (Å²) in [6, 6.07) is 42.8. The molecule has 0 bridgehead atoms. The van der Waals surface area contributed by atoms with Crippen molar-refractivity contribution < 1.29 is 8.83 Å². The van der Waals surface area contributed by atoms with Crippen molar-refractivity contribution in [2.75, 3.05) is 0 Å². The lowest BCUT2D eigenvalue weighted by Gasteiger charge is -2.19. The van der Waals surface area contributed by atoms with Crippen molar-refractivity contribution in [3.8, 4) is 67.4 Å². The van der Waals surface area contributed by atoms with Crippen LogP contribution in [0, 0.1) is 0 Å². The number of fused-ring (bicyclic) bond motifs is 2. The summed E-state index contributed by atoms with van der Waals surface area (Å²) in [7, 11) is 0. The molecule has 48 heavy (non-hydrogen) atoms. The van der Waals surface area contributed by atoms with Gasteiger partial charge in [-0.25, -0.2) is 9.97 Å². The highest BCUT2D eigenvalue weighted by molar-refractivity contribution is 6.22. The quantitative estimate of drug-likeness (QED) is 0.173. The van der Waals surface area contributed by atoms with E-state index in [4.69, 9.17) is 8.83 Å². The molecule has 0 aliphatic carbocycles. The van der Waals surface area contributed by atoms with Crippen LogP contribution in [-0.4, -0.2) is 19.9 Å². The largest absolute Gasteiger partial charge is 0.442 e. The SMILES string of the molecule is c1ccc(-c2ccccc2-c2ccc3c(-c4ccnc(-c5cnco5)c4)c4ccccc4c(-c4ccnc(-c5cnco5)c4)c3c2)cc1. The first-order valence-corrected chi connectivity index (χ1v) is 15.7. The van der Waals surface area contributed by atoms with Crippen LogP contribution < -0.4 is 0 Å². The van der Waals surface area contributed by atoms with Crippen LogP contribution in [0.2, 0.25) is 0 Å². The lowest BCUT2D eigenvalue weighted by Crippen LogP contribution is -1.94. The first-order chi connectivity index (χ1) is 23.8. The van der Waals surface area contributed by atoms with E-state index in [0.717, 1.165) is 60.8 Å². The summed E-state index contributed by atoms with van der Waals surface area (Å²) in [5, 5.41) is 4.50. The molecular formula is C42H26N4O2. The van der Waals surface area contributed by atoms with Crippen LogP contribution in [0.1, 0.15) is 0 Å². The minimum atomic E-state index is 0.622. The Morgan fingerprint density at radius 3 is 1.50 bits per heavy atom. The van der Waals surface area contributed by atoms with Gasteiger partial charge in [0.25, 0.3) is 0 Å². The highest BCUT2D eigenvalue weighted by Gasteiger charge is 2.20. The van der Waals surface area contributed by atoms with E-state index in [2.05, 4.69) is 141 Å². The van der Waals surface area contributed by atoms with Crippen molar-refractivity contribution in [1.82, 2.24) is 19.9 Å². The fourth-order valence-corrected chi connectivity index (χ4v) is 6.70. The van der Waals surface area contributed by atoms with Crippen LogP contribution in [0.5, 0.6) is 0 Å². The van der Waals surface area contributed by atoms with Gasteiger partial charge >= 0.3 is 0 Å². The molecule has 4 aromatic heterocycles. The first kappa shape index (κ1) is 27.6. The van der Waals surface area contributed by atoms with E-state index < -0.39 is 0 Å². The molecule has 0 unspecified atom stereocenters. The van der Waals surface area contributed by atoms with Gasteiger partial charge in [-0.15, -0.1) is 0 Å². The molecule has 0 fully saturated rings.